The first kappa shape index (κ1) is 11.0. The SMILES string of the molecule is CC[C@@H](C)CCc1ccccc1C=O. The maximum absolute atomic E-state index is 10.7. The smallest absolute Gasteiger partial charge is 0.150 e. The Balaban J connectivity index is 2.61. The molecule has 0 aliphatic heterocycles. The monoisotopic (exact) mass is 190 g/mol. The van der Waals surface area contributed by atoms with Crippen LogP contribution in [-0.4, -0.2) is 6.29 Å². The standard InChI is InChI=1S/C13H18O/c1-3-11(2)8-9-12-6-4-5-7-13(12)10-14/h4-7,10-11H,3,8-9H2,1-2H3/t11-/m1/s1. The molecule has 0 amide bonds. The van der Waals surface area contributed by atoms with Gasteiger partial charge in [0, 0.05) is 5.56 Å². The van der Waals surface area contributed by atoms with Gasteiger partial charge < -0.3 is 0 Å². The van der Waals surface area contributed by atoms with Gasteiger partial charge in [-0.05, 0) is 24.3 Å². The second-order valence-corrected chi connectivity index (χ2v) is 3.87. The summed E-state index contributed by atoms with van der Waals surface area (Å²) in [7, 11) is 0. The lowest BCUT2D eigenvalue weighted by Crippen LogP contribution is -1.98. The van der Waals surface area contributed by atoms with Crippen LogP contribution in [-0.2, 0) is 6.42 Å². The van der Waals surface area contributed by atoms with E-state index in [1.165, 1.54) is 18.4 Å². The Hall–Kier alpha value is -1.11. The highest BCUT2D eigenvalue weighted by Crippen LogP contribution is 2.14. The van der Waals surface area contributed by atoms with E-state index in [-0.39, 0.29) is 0 Å². The van der Waals surface area contributed by atoms with Gasteiger partial charge in [-0.15, -0.1) is 0 Å². The lowest BCUT2D eigenvalue weighted by molar-refractivity contribution is 0.112. The maximum Gasteiger partial charge on any atom is 0.150 e. The van der Waals surface area contributed by atoms with Crippen molar-refractivity contribution in [1.82, 2.24) is 0 Å². The van der Waals surface area contributed by atoms with Crippen LogP contribution in [0.4, 0.5) is 0 Å². The summed E-state index contributed by atoms with van der Waals surface area (Å²) in [6.45, 7) is 4.46. The molecule has 0 saturated carbocycles. The highest BCUT2D eigenvalue weighted by Gasteiger charge is 2.03. The van der Waals surface area contributed by atoms with E-state index in [1.807, 2.05) is 24.3 Å². The molecule has 14 heavy (non-hydrogen) atoms. The van der Waals surface area contributed by atoms with Crippen LogP contribution >= 0.6 is 0 Å². The summed E-state index contributed by atoms with van der Waals surface area (Å²) >= 11 is 0. The molecule has 1 aromatic carbocycles. The van der Waals surface area contributed by atoms with Crippen LogP contribution in [0.25, 0.3) is 0 Å². The summed E-state index contributed by atoms with van der Waals surface area (Å²) in [5.41, 5.74) is 2.03. The third kappa shape index (κ3) is 2.99. The van der Waals surface area contributed by atoms with Gasteiger partial charge in [0.2, 0.25) is 0 Å². The topological polar surface area (TPSA) is 17.1 Å². The summed E-state index contributed by atoms with van der Waals surface area (Å²) in [6, 6.07) is 7.85. The summed E-state index contributed by atoms with van der Waals surface area (Å²) in [5, 5.41) is 0. The van der Waals surface area contributed by atoms with E-state index in [1.54, 1.807) is 0 Å². The van der Waals surface area contributed by atoms with E-state index < -0.39 is 0 Å². The quantitative estimate of drug-likeness (QED) is 0.650. The molecule has 1 atom stereocenters. The van der Waals surface area contributed by atoms with Crippen LogP contribution in [0.2, 0.25) is 0 Å². The molecule has 1 heteroatoms. The first-order chi connectivity index (χ1) is 6.77. The number of hydrogen-bond acceptors (Lipinski definition) is 1. The van der Waals surface area contributed by atoms with Crippen molar-refractivity contribution >= 4 is 6.29 Å². The van der Waals surface area contributed by atoms with Gasteiger partial charge in [0.25, 0.3) is 0 Å². The van der Waals surface area contributed by atoms with Crippen molar-refractivity contribution in [3.05, 3.63) is 35.4 Å². The van der Waals surface area contributed by atoms with Crippen molar-refractivity contribution in [1.29, 1.82) is 0 Å². The number of benzene rings is 1. The fraction of sp³-hybridized carbons (Fsp3) is 0.462. The molecule has 0 spiro atoms. The van der Waals surface area contributed by atoms with Crippen molar-refractivity contribution in [3.8, 4) is 0 Å². The molecular weight excluding hydrogens is 172 g/mol. The zero-order valence-electron chi connectivity index (χ0n) is 8.99. The predicted octanol–water partition coefficient (Wildman–Crippen LogP) is 3.48. The number of aryl methyl sites for hydroxylation is 1. The van der Waals surface area contributed by atoms with Gasteiger partial charge in [-0.2, -0.15) is 0 Å². The lowest BCUT2D eigenvalue weighted by atomic mass is 9.97. The Kier molecular flexibility index (Phi) is 4.37. The minimum absolute atomic E-state index is 0.745. The summed E-state index contributed by atoms with van der Waals surface area (Å²) in [5.74, 6) is 0.745. The fourth-order valence-electron chi connectivity index (χ4n) is 1.48. The second-order valence-electron chi connectivity index (χ2n) is 3.87. The molecular formula is C13H18O. The molecule has 1 aromatic rings. The van der Waals surface area contributed by atoms with Crippen molar-refractivity contribution in [3.63, 3.8) is 0 Å². The Morgan fingerprint density at radius 3 is 2.71 bits per heavy atom. The van der Waals surface area contributed by atoms with Crippen molar-refractivity contribution in [2.75, 3.05) is 0 Å². The maximum atomic E-state index is 10.7. The zero-order chi connectivity index (χ0) is 10.4. The lowest BCUT2D eigenvalue weighted by Gasteiger charge is -2.09. The molecule has 0 heterocycles. The summed E-state index contributed by atoms with van der Waals surface area (Å²) in [6.07, 6.45) is 4.35. The highest BCUT2D eigenvalue weighted by atomic mass is 16.1. The minimum Gasteiger partial charge on any atom is -0.298 e. The molecule has 76 valence electrons. The Morgan fingerprint density at radius 1 is 1.36 bits per heavy atom. The predicted molar refractivity (Wildman–Crippen MR) is 59.6 cm³/mol. The van der Waals surface area contributed by atoms with Crippen LogP contribution in [0.5, 0.6) is 0 Å². The van der Waals surface area contributed by atoms with Crippen LogP contribution in [0.3, 0.4) is 0 Å². The van der Waals surface area contributed by atoms with E-state index >= 15 is 0 Å². The average Bonchev–Trinajstić information content (AvgIpc) is 2.26. The number of carbonyl (C=O) groups excluding carboxylic acids is 1. The van der Waals surface area contributed by atoms with Gasteiger partial charge >= 0.3 is 0 Å². The Morgan fingerprint density at radius 2 is 2.07 bits per heavy atom. The van der Waals surface area contributed by atoms with Gasteiger partial charge in [0.15, 0.2) is 0 Å². The molecule has 0 bridgehead atoms. The van der Waals surface area contributed by atoms with Gasteiger partial charge in [-0.1, -0.05) is 44.5 Å². The number of rotatable bonds is 5. The Bertz CT molecular complexity index is 291. The van der Waals surface area contributed by atoms with E-state index in [9.17, 15) is 4.79 Å². The second kappa shape index (κ2) is 5.58. The van der Waals surface area contributed by atoms with Crippen molar-refractivity contribution in [2.45, 2.75) is 33.1 Å². The minimum atomic E-state index is 0.745. The van der Waals surface area contributed by atoms with Crippen molar-refractivity contribution in [2.24, 2.45) is 5.92 Å². The van der Waals surface area contributed by atoms with Gasteiger partial charge in [0.1, 0.15) is 6.29 Å². The molecule has 1 nitrogen and oxygen atoms in total. The number of aldehydes is 1. The van der Waals surface area contributed by atoms with Gasteiger partial charge in [-0.25, -0.2) is 0 Å². The normalized spacial score (nSPS) is 12.4. The molecule has 0 unspecified atom stereocenters. The van der Waals surface area contributed by atoms with E-state index in [0.29, 0.717) is 0 Å². The third-order valence-corrected chi connectivity index (χ3v) is 2.79. The van der Waals surface area contributed by atoms with Crippen LogP contribution in [0.1, 0.15) is 42.6 Å². The van der Waals surface area contributed by atoms with Gasteiger partial charge in [-0.3, -0.25) is 4.79 Å². The molecule has 0 N–H and O–H groups in total. The summed E-state index contributed by atoms with van der Waals surface area (Å²) < 4.78 is 0. The number of hydrogen-bond donors (Lipinski definition) is 0. The van der Waals surface area contributed by atoms with Gasteiger partial charge in [0.05, 0.1) is 0 Å². The molecule has 0 aliphatic rings. The highest BCUT2D eigenvalue weighted by molar-refractivity contribution is 5.77. The largest absolute Gasteiger partial charge is 0.298 e. The van der Waals surface area contributed by atoms with E-state index in [0.717, 1.165) is 24.2 Å². The average molecular weight is 190 g/mol. The van der Waals surface area contributed by atoms with Crippen LogP contribution < -0.4 is 0 Å². The van der Waals surface area contributed by atoms with Crippen LogP contribution in [0, 0.1) is 5.92 Å². The summed E-state index contributed by atoms with van der Waals surface area (Å²) in [4.78, 5) is 10.7. The molecule has 0 radical (unpaired) electrons. The Labute approximate surface area is 86.1 Å². The fourth-order valence-corrected chi connectivity index (χ4v) is 1.48. The molecule has 1 rings (SSSR count). The molecule has 0 fully saturated rings. The number of carbonyl (C=O) groups is 1. The first-order valence-corrected chi connectivity index (χ1v) is 5.31. The molecule has 0 saturated heterocycles. The zero-order valence-corrected chi connectivity index (χ0v) is 8.99. The van der Waals surface area contributed by atoms with E-state index in [4.69, 9.17) is 0 Å². The molecule has 0 aliphatic carbocycles. The third-order valence-electron chi connectivity index (χ3n) is 2.79. The first-order valence-electron chi connectivity index (χ1n) is 5.31. The van der Waals surface area contributed by atoms with E-state index in [2.05, 4.69) is 13.8 Å². The van der Waals surface area contributed by atoms with Crippen molar-refractivity contribution < 1.29 is 4.79 Å². The molecule has 0 aromatic heterocycles. The van der Waals surface area contributed by atoms with Crippen LogP contribution in [0.15, 0.2) is 24.3 Å².